The predicted octanol–water partition coefficient (Wildman–Crippen LogP) is 5.60. The number of Topliss-reactive ketones (excluding diaryl/α,β-unsaturated/α-hetero) is 1. The van der Waals surface area contributed by atoms with E-state index in [1.807, 2.05) is 58.9 Å². The molecule has 200 valence electrons. The molecule has 7 nitrogen and oxygen atoms in total. The molecule has 0 aliphatic heterocycles. The molecule has 36 heavy (non-hydrogen) atoms. The summed E-state index contributed by atoms with van der Waals surface area (Å²) in [5.74, 6) is -0.725. The number of nitrogens with zero attached hydrogens (tertiary/aromatic N) is 1. The molecular weight excluding hydrogens is 496 g/mol. The van der Waals surface area contributed by atoms with Gasteiger partial charge in [0.1, 0.15) is 5.00 Å². The van der Waals surface area contributed by atoms with Crippen LogP contribution in [0.4, 0.5) is 5.00 Å². The van der Waals surface area contributed by atoms with Crippen molar-refractivity contribution in [1.82, 2.24) is 5.32 Å². The number of hydrogen-bond acceptors (Lipinski definition) is 6. The number of methoxy groups -OCH3 is 1. The summed E-state index contributed by atoms with van der Waals surface area (Å²) in [5, 5.41) is 3.90. The Morgan fingerprint density at radius 1 is 1.14 bits per heavy atom. The van der Waals surface area contributed by atoms with Crippen LogP contribution in [-0.2, 0) is 38.6 Å². The number of carbonyl (C=O) groups excluding carboxylic acids is 2. The minimum atomic E-state index is -2.18. The zero-order valence-electron chi connectivity index (χ0n) is 22.8. The molecule has 0 aliphatic carbocycles. The van der Waals surface area contributed by atoms with Crippen molar-refractivity contribution >= 4 is 39.4 Å². The molecule has 0 saturated heterocycles. The van der Waals surface area contributed by atoms with E-state index in [4.69, 9.17) is 4.74 Å². The molecule has 0 aliphatic rings. The maximum Gasteiger partial charge on any atom is 0.334 e. The fourth-order valence-electron chi connectivity index (χ4n) is 4.29. The number of thiophene rings is 1. The Bertz CT molecular complexity index is 1090. The van der Waals surface area contributed by atoms with Gasteiger partial charge in [-0.3, -0.25) is 19.0 Å². The zero-order valence-corrected chi connectivity index (χ0v) is 24.4. The van der Waals surface area contributed by atoms with Gasteiger partial charge in [-0.05, 0) is 63.1 Å². The SMILES string of the molecule is COC(=O)C(NCc1ccc(-c2cc(CC(C)C)sc2N(S(=O)O)C(C)(C)C)cc1)(C(C)=O)C(C)C. The lowest BCUT2D eigenvalue weighted by molar-refractivity contribution is -0.155. The molecular formula is C27H40N2O5S2. The van der Waals surface area contributed by atoms with Crippen molar-refractivity contribution in [2.45, 2.75) is 79.4 Å². The number of ketones is 1. The molecule has 0 amide bonds. The summed E-state index contributed by atoms with van der Waals surface area (Å²) in [7, 11) is 1.28. The van der Waals surface area contributed by atoms with E-state index in [1.165, 1.54) is 14.0 Å². The molecule has 9 heteroatoms. The van der Waals surface area contributed by atoms with Gasteiger partial charge in [0, 0.05) is 22.5 Å². The Hall–Kier alpha value is -2.07. The van der Waals surface area contributed by atoms with E-state index in [2.05, 4.69) is 25.2 Å². The lowest BCUT2D eigenvalue weighted by Gasteiger charge is -2.33. The summed E-state index contributed by atoms with van der Waals surface area (Å²) < 4.78 is 29.0. The molecule has 0 spiro atoms. The Morgan fingerprint density at radius 3 is 2.14 bits per heavy atom. The fourth-order valence-corrected chi connectivity index (χ4v) is 6.79. The number of ether oxygens (including phenoxy) is 1. The molecule has 1 heterocycles. The van der Waals surface area contributed by atoms with E-state index < -0.39 is 28.3 Å². The second kappa shape index (κ2) is 12.0. The molecule has 2 aromatic rings. The number of carbonyl (C=O) groups is 2. The van der Waals surface area contributed by atoms with Crippen LogP contribution < -0.4 is 9.62 Å². The van der Waals surface area contributed by atoms with E-state index in [1.54, 1.807) is 15.6 Å². The summed E-state index contributed by atoms with van der Waals surface area (Å²) in [5.41, 5.74) is 0.750. The second-order valence-electron chi connectivity index (χ2n) is 10.8. The second-order valence-corrected chi connectivity index (χ2v) is 12.7. The van der Waals surface area contributed by atoms with Crippen molar-refractivity contribution in [3.05, 3.63) is 40.8 Å². The van der Waals surface area contributed by atoms with Crippen molar-refractivity contribution in [3.8, 4) is 11.1 Å². The van der Waals surface area contributed by atoms with Gasteiger partial charge in [-0.25, -0.2) is 9.00 Å². The normalized spacial score (nSPS) is 14.6. The highest BCUT2D eigenvalue weighted by Crippen LogP contribution is 2.43. The number of anilines is 1. The Balaban J connectivity index is 2.44. The van der Waals surface area contributed by atoms with Gasteiger partial charge in [0.2, 0.25) is 0 Å². The minimum Gasteiger partial charge on any atom is -0.467 e. The van der Waals surface area contributed by atoms with Gasteiger partial charge in [0.15, 0.2) is 11.3 Å². The number of hydrogen-bond donors (Lipinski definition) is 2. The number of esters is 1. The first-order valence-corrected chi connectivity index (χ1v) is 14.0. The third-order valence-electron chi connectivity index (χ3n) is 6.09. The topological polar surface area (TPSA) is 95.9 Å². The van der Waals surface area contributed by atoms with Gasteiger partial charge in [-0.1, -0.05) is 52.0 Å². The third-order valence-corrected chi connectivity index (χ3v) is 8.39. The van der Waals surface area contributed by atoms with Gasteiger partial charge in [0.05, 0.1) is 7.11 Å². The van der Waals surface area contributed by atoms with Crippen LogP contribution in [0.1, 0.15) is 65.8 Å². The number of rotatable bonds is 11. The standard InChI is InChI=1S/C27H40N2O5S2/c1-17(2)14-22-15-23(24(35-22)29(36(32)33)26(6,7)8)21-12-10-20(11-13-21)16-28-27(18(3)4,19(5)30)25(31)34-9/h10-13,15,17-18,28H,14,16H2,1-9H3,(H,32,33). The highest BCUT2D eigenvalue weighted by Gasteiger charge is 2.47. The lowest BCUT2D eigenvalue weighted by atomic mass is 9.82. The predicted molar refractivity (Wildman–Crippen MR) is 148 cm³/mol. The Morgan fingerprint density at radius 2 is 1.72 bits per heavy atom. The van der Waals surface area contributed by atoms with Crippen molar-refractivity contribution in [1.29, 1.82) is 0 Å². The summed E-state index contributed by atoms with van der Waals surface area (Å²) >= 11 is -0.634. The average molecular weight is 537 g/mol. The van der Waals surface area contributed by atoms with E-state index in [0.29, 0.717) is 12.5 Å². The van der Waals surface area contributed by atoms with Crippen LogP contribution in [-0.4, -0.2) is 38.7 Å². The van der Waals surface area contributed by atoms with Crippen LogP contribution in [0, 0.1) is 11.8 Å². The number of benzene rings is 1. The van der Waals surface area contributed by atoms with Gasteiger partial charge >= 0.3 is 5.97 Å². The van der Waals surface area contributed by atoms with Crippen LogP contribution in [0.2, 0.25) is 0 Å². The molecule has 0 bridgehead atoms. The van der Waals surface area contributed by atoms with E-state index in [0.717, 1.165) is 33.0 Å². The van der Waals surface area contributed by atoms with Crippen molar-refractivity contribution in [2.24, 2.45) is 11.8 Å². The molecule has 0 saturated carbocycles. The van der Waals surface area contributed by atoms with Crippen molar-refractivity contribution in [3.63, 3.8) is 0 Å². The van der Waals surface area contributed by atoms with Crippen LogP contribution in [0.25, 0.3) is 11.1 Å². The van der Waals surface area contributed by atoms with Crippen molar-refractivity contribution in [2.75, 3.05) is 11.4 Å². The van der Waals surface area contributed by atoms with Crippen molar-refractivity contribution < 1.29 is 23.1 Å². The fraction of sp³-hybridized carbons (Fsp3) is 0.556. The molecule has 2 N–H and O–H groups in total. The third kappa shape index (κ3) is 6.62. The maximum absolute atomic E-state index is 12.5. The molecule has 2 unspecified atom stereocenters. The largest absolute Gasteiger partial charge is 0.467 e. The van der Waals surface area contributed by atoms with Gasteiger partial charge in [-0.15, -0.1) is 11.3 Å². The van der Waals surface area contributed by atoms with E-state index in [-0.39, 0.29) is 11.7 Å². The van der Waals surface area contributed by atoms with Crippen LogP contribution in [0.3, 0.4) is 0 Å². The first-order valence-electron chi connectivity index (χ1n) is 12.1. The zero-order chi connectivity index (χ0) is 27.4. The van der Waals surface area contributed by atoms with Gasteiger partial charge in [-0.2, -0.15) is 0 Å². The quantitative estimate of drug-likeness (QED) is 0.220. The molecule has 2 atom stereocenters. The summed E-state index contributed by atoms with van der Waals surface area (Å²) in [6.07, 6.45) is 0.881. The smallest absolute Gasteiger partial charge is 0.334 e. The summed E-state index contributed by atoms with van der Waals surface area (Å²) in [6.45, 7) is 15.4. The van der Waals surface area contributed by atoms with E-state index in [9.17, 15) is 18.4 Å². The molecule has 1 aromatic carbocycles. The highest BCUT2D eigenvalue weighted by atomic mass is 32.2. The number of nitrogens with one attached hydrogen (secondary N) is 1. The molecule has 1 aromatic heterocycles. The minimum absolute atomic E-state index is 0.291. The molecule has 0 radical (unpaired) electrons. The monoisotopic (exact) mass is 536 g/mol. The Kier molecular flexibility index (Phi) is 10.0. The average Bonchev–Trinajstić information content (AvgIpc) is 3.14. The van der Waals surface area contributed by atoms with Crippen LogP contribution >= 0.6 is 11.3 Å². The maximum atomic E-state index is 12.5. The highest BCUT2D eigenvalue weighted by molar-refractivity contribution is 7.81. The summed E-state index contributed by atoms with van der Waals surface area (Å²) in [6, 6.07) is 9.91. The molecule has 0 fully saturated rings. The summed E-state index contributed by atoms with van der Waals surface area (Å²) in [4.78, 5) is 26.2. The van der Waals surface area contributed by atoms with E-state index >= 15 is 0 Å². The van der Waals surface area contributed by atoms with Crippen LogP contribution in [0.5, 0.6) is 0 Å². The van der Waals surface area contributed by atoms with Crippen LogP contribution in [0.15, 0.2) is 30.3 Å². The first kappa shape index (κ1) is 30.2. The lowest BCUT2D eigenvalue weighted by Crippen LogP contribution is -2.61. The molecule has 2 rings (SSSR count). The van der Waals surface area contributed by atoms with Gasteiger partial charge in [0.25, 0.3) is 11.3 Å². The Labute approximate surface area is 222 Å². The first-order chi connectivity index (χ1) is 16.6. The van der Waals surface area contributed by atoms with Gasteiger partial charge < -0.3 is 4.74 Å².